The van der Waals surface area contributed by atoms with Gasteiger partial charge >= 0.3 is 5.97 Å². The van der Waals surface area contributed by atoms with Gasteiger partial charge in [0.1, 0.15) is 0 Å². The van der Waals surface area contributed by atoms with Gasteiger partial charge in [-0.25, -0.2) is 0 Å². The first-order valence-corrected chi connectivity index (χ1v) is 4.32. The molecule has 0 aliphatic heterocycles. The highest BCUT2D eigenvalue weighted by Crippen LogP contribution is 2.19. The van der Waals surface area contributed by atoms with Crippen LogP contribution in [0.3, 0.4) is 0 Å². The number of pyridine rings is 1. The molecule has 1 atom stereocenters. The zero-order valence-corrected chi connectivity index (χ0v) is 7.82. The number of rotatable bonds is 3. The van der Waals surface area contributed by atoms with Crippen molar-refractivity contribution in [1.82, 2.24) is 4.98 Å². The molecule has 0 aliphatic rings. The number of carboxylic acid groups (broad SMARTS) is 1. The Bertz CT molecular complexity index is 310. The van der Waals surface area contributed by atoms with Gasteiger partial charge in [-0.15, -0.1) is 0 Å². The fraction of sp³-hybridized carbons (Fsp3) is 0.400. The van der Waals surface area contributed by atoms with Gasteiger partial charge in [-0.1, -0.05) is 6.92 Å². The molecule has 0 aliphatic carbocycles. The Morgan fingerprint density at radius 3 is 2.92 bits per heavy atom. The molecule has 1 heterocycles. The molecule has 1 unspecified atom stereocenters. The lowest BCUT2D eigenvalue weighted by Gasteiger charge is -2.10. The minimum absolute atomic E-state index is 0.446. The van der Waals surface area contributed by atoms with Gasteiger partial charge in [0, 0.05) is 12.4 Å². The fourth-order valence-corrected chi connectivity index (χ4v) is 1.29. The summed E-state index contributed by atoms with van der Waals surface area (Å²) in [5.41, 5.74) is 1.88. The SMILES string of the molecule is CCc1cnccc1C(C)C(=O)O. The second kappa shape index (κ2) is 4.03. The number of aromatic nitrogens is 1. The fourth-order valence-electron chi connectivity index (χ4n) is 1.29. The van der Waals surface area contributed by atoms with Crippen molar-refractivity contribution < 1.29 is 9.90 Å². The molecule has 0 amide bonds. The van der Waals surface area contributed by atoms with Crippen LogP contribution in [0, 0.1) is 0 Å². The van der Waals surface area contributed by atoms with Crippen LogP contribution >= 0.6 is 0 Å². The van der Waals surface area contributed by atoms with Gasteiger partial charge in [-0.3, -0.25) is 9.78 Å². The maximum absolute atomic E-state index is 10.7. The Morgan fingerprint density at radius 1 is 1.69 bits per heavy atom. The molecule has 3 nitrogen and oxygen atoms in total. The van der Waals surface area contributed by atoms with Crippen LogP contribution in [-0.2, 0) is 11.2 Å². The smallest absolute Gasteiger partial charge is 0.310 e. The van der Waals surface area contributed by atoms with Gasteiger partial charge in [0.25, 0.3) is 0 Å². The molecule has 0 saturated heterocycles. The summed E-state index contributed by atoms with van der Waals surface area (Å²) in [6, 6.07) is 1.78. The number of aliphatic carboxylic acids is 1. The molecule has 1 aromatic heterocycles. The van der Waals surface area contributed by atoms with E-state index in [9.17, 15) is 4.79 Å². The molecule has 1 rings (SSSR count). The van der Waals surface area contributed by atoms with E-state index < -0.39 is 11.9 Å². The minimum Gasteiger partial charge on any atom is -0.481 e. The van der Waals surface area contributed by atoms with E-state index in [0.29, 0.717) is 0 Å². The number of nitrogens with zero attached hydrogens (tertiary/aromatic N) is 1. The zero-order valence-electron chi connectivity index (χ0n) is 7.82. The Balaban J connectivity index is 3.05. The normalized spacial score (nSPS) is 12.5. The summed E-state index contributed by atoms with van der Waals surface area (Å²) in [5, 5.41) is 8.83. The van der Waals surface area contributed by atoms with Crippen molar-refractivity contribution in [2.45, 2.75) is 26.2 Å². The third-order valence-corrected chi connectivity index (χ3v) is 2.16. The lowest BCUT2D eigenvalue weighted by atomic mass is 9.96. The molecule has 0 radical (unpaired) electrons. The first-order chi connectivity index (χ1) is 6.16. The first kappa shape index (κ1) is 9.71. The van der Waals surface area contributed by atoms with Gasteiger partial charge in [0.15, 0.2) is 0 Å². The molecule has 1 N–H and O–H groups in total. The number of hydrogen-bond acceptors (Lipinski definition) is 2. The second-order valence-electron chi connectivity index (χ2n) is 2.99. The van der Waals surface area contributed by atoms with E-state index in [0.717, 1.165) is 17.5 Å². The largest absolute Gasteiger partial charge is 0.481 e. The highest BCUT2D eigenvalue weighted by atomic mass is 16.4. The molecule has 3 heteroatoms. The van der Waals surface area contributed by atoms with Crippen LogP contribution < -0.4 is 0 Å². The monoisotopic (exact) mass is 179 g/mol. The quantitative estimate of drug-likeness (QED) is 0.770. The van der Waals surface area contributed by atoms with E-state index in [1.54, 1.807) is 25.4 Å². The van der Waals surface area contributed by atoms with Crippen molar-refractivity contribution >= 4 is 5.97 Å². The van der Waals surface area contributed by atoms with Crippen LogP contribution in [0.5, 0.6) is 0 Å². The highest BCUT2D eigenvalue weighted by Gasteiger charge is 2.15. The lowest BCUT2D eigenvalue weighted by Crippen LogP contribution is -2.09. The predicted octanol–water partition coefficient (Wildman–Crippen LogP) is 1.83. The zero-order chi connectivity index (χ0) is 9.84. The molecule has 1 aromatic rings. The summed E-state index contributed by atoms with van der Waals surface area (Å²) < 4.78 is 0. The van der Waals surface area contributed by atoms with Crippen LogP contribution in [0.25, 0.3) is 0 Å². The molecule has 0 bridgehead atoms. The van der Waals surface area contributed by atoms with E-state index in [4.69, 9.17) is 5.11 Å². The molecule has 13 heavy (non-hydrogen) atoms. The second-order valence-corrected chi connectivity index (χ2v) is 2.99. The van der Waals surface area contributed by atoms with Crippen molar-refractivity contribution in [2.75, 3.05) is 0 Å². The summed E-state index contributed by atoms with van der Waals surface area (Å²) >= 11 is 0. The van der Waals surface area contributed by atoms with Crippen LogP contribution in [0.4, 0.5) is 0 Å². The Morgan fingerprint density at radius 2 is 2.38 bits per heavy atom. The molecule has 0 saturated carbocycles. The molecule has 70 valence electrons. The number of hydrogen-bond donors (Lipinski definition) is 1. The topological polar surface area (TPSA) is 50.2 Å². The van der Waals surface area contributed by atoms with E-state index in [1.165, 1.54) is 0 Å². The Hall–Kier alpha value is -1.38. The average molecular weight is 179 g/mol. The first-order valence-electron chi connectivity index (χ1n) is 4.32. The lowest BCUT2D eigenvalue weighted by molar-refractivity contribution is -0.138. The summed E-state index contributed by atoms with van der Waals surface area (Å²) in [7, 11) is 0. The number of aryl methyl sites for hydroxylation is 1. The van der Waals surface area contributed by atoms with Gasteiger partial charge < -0.3 is 5.11 Å². The van der Waals surface area contributed by atoms with Gasteiger partial charge in [-0.05, 0) is 30.5 Å². The van der Waals surface area contributed by atoms with Crippen molar-refractivity contribution in [2.24, 2.45) is 0 Å². The third-order valence-electron chi connectivity index (χ3n) is 2.16. The molecule has 0 spiro atoms. The van der Waals surface area contributed by atoms with Gasteiger partial charge in [0.05, 0.1) is 5.92 Å². The third kappa shape index (κ3) is 2.05. The maximum Gasteiger partial charge on any atom is 0.310 e. The van der Waals surface area contributed by atoms with E-state index >= 15 is 0 Å². The summed E-state index contributed by atoms with van der Waals surface area (Å²) in [4.78, 5) is 14.7. The number of carboxylic acids is 1. The maximum atomic E-state index is 10.7. The van der Waals surface area contributed by atoms with Crippen molar-refractivity contribution in [1.29, 1.82) is 0 Å². The Labute approximate surface area is 77.4 Å². The summed E-state index contributed by atoms with van der Waals surface area (Å²) in [6.07, 6.45) is 4.18. The minimum atomic E-state index is -0.791. The van der Waals surface area contributed by atoms with Crippen LogP contribution in [-0.4, -0.2) is 16.1 Å². The summed E-state index contributed by atoms with van der Waals surface area (Å²) in [5.74, 6) is -1.24. The predicted molar refractivity (Wildman–Crippen MR) is 49.7 cm³/mol. The molecule has 0 fully saturated rings. The highest BCUT2D eigenvalue weighted by molar-refractivity contribution is 5.75. The van der Waals surface area contributed by atoms with E-state index in [2.05, 4.69) is 4.98 Å². The average Bonchev–Trinajstić information content (AvgIpc) is 2.16. The van der Waals surface area contributed by atoms with Crippen LogP contribution in [0.1, 0.15) is 30.9 Å². The van der Waals surface area contributed by atoms with Gasteiger partial charge in [-0.2, -0.15) is 0 Å². The van der Waals surface area contributed by atoms with Gasteiger partial charge in [0.2, 0.25) is 0 Å². The van der Waals surface area contributed by atoms with Crippen LogP contribution in [0.2, 0.25) is 0 Å². The van der Waals surface area contributed by atoms with E-state index in [-0.39, 0.29) is 0 Å². The molecule has 0 aromatic carbocycles. The number of carbonyl (C=O) groups is 1. The van der Waals surface area contributed by atoms with Crippen molar-refractivity contribution in [3.63, 3.8) is 0 Å². The molecular weight excluding hydrogens is 166 g/mol. The molecular formula is C10H13NO2. The van der Waals surface area contributed by atoms with E-state index in [1.807, 2.05) is 6.92 Å². The summed E-state index contributed by atoms with van der Waals surface area (Å²) in [6.45, 7) is 3.69. The van der Waals surface area contributed by atoms with Crippen molar-refractivity contribution in [3.05, 3.63) is 29.6 Å². The standard InChI is InChI=1S/C10H13NO2/c1-3-8-6-11-5-4-9(8)7(2)10(12)13/h4-7H,3H2,1-2H3,(H,12,13). The van der Waals surface area contributed by atoms with Crippen LogP contribution in [0.15, 0.2) is 18.5 Å². The van der Waals surface area contributed by atoms with Crippen molar-refractivity contribution in [3.8, 4) is 0 Å². The Kier molecular flexibility index (Phi) is 3.01.